The van der Waals surface area contributed by atoms with Crippen molar-refractivity contribution in [2.24, 2.45) is 0 Å². The van der Waals surface area contributed by atoms with Crippen molar-refractivity contribution >= 4 is 27.6 Å². The largest absolute Gasteiger partial charge is 0.507 e. The van der Waals surface area contributed by atoms with Crippen LogP contribution in [-0.2, 0) is 13.1 Å². The van der Waals surface area contributed by atoms with E-state index in [1.54, 1.807) is 6.07 Å². The molecule has 0 bridgehead atoms. The molecule has 4 nitrogen and oxygen atoms in total. The molecule has 5 aromatic rings. The van der Waals surface area contributed by atoms with Crippen molar-refractivity contribution in [1.82, 2.24) is 9.13 Å². The molecular weight excluding hydrogens is 432 g/mol. The Morgan fingerprint density at radius 1 is 0.771 bits per heavy atom. The number of ketones is 1. The second kappa shape index (κ2) is 9.83. The molecule has 2 heterocycles. The van der Waals surface area contributed by atoms with Crippen molar-refractivity contribution in [3.8, 4) is 16.9 Å². The highest BCUT2D eigenvalue weighted by molar-refractivity contribution is 6.22. The summed E-state index contributed by atoms with van der Waals surface area (Å²) in [7, 11) is 0. The highest BCUT2D eigenvalue weighted by Gasteiger charge is 2.28. The second-order valence-corrected chi connectivity index (χ2v) is 9.20. The standard InChI is InChI=1S/C31H32N2O2/c1-3-5-19-32-21-25(22-13-7-10-16-26(22)32)31(35)30-29(24-15-9-12-18-28(24)34)23-14-8-11-17-27(23)33(30)20-6-4-2/h7-18,21,34H,3-6,19-20H2,1-2H3. The molecule has 0 aliphatic rings. The number of benzene rings is 3. The molecule has 178 valence electrons. The van der Waals surface area contributed by atoms with Gasteiger partial charge in [-0.3, -0.25) is 4.79 Å². The minimum Gasteiger partial charge on any atom is -0.507 e. The maximum atomic E-state index is 14.5. The molecule has 35 heavy (non-hydrogen) atoms. The Kier molecular flexibility index (Phi) is 6.45. The lowest BCUT2D eigenvalue weighted by Gasteiger charge is -2.12. The van der Waals surface area contributed by atoms with Gasteiger partial charge in [0, 0.05) is 57.8 Å². The molecule has 0 aliphatic heterocycles. The number of hydrogen-bond donors (Lipinski definition) is 1. The number of nitrogens with zero attached hydrogens (tertiary/aromatic N) is 2. The van der Waals surface area contributed by atoms with Gasteiger partial charge in [-0.15, -0.1) is 0 Å². The lowest BCUT2D eigenvalue weighted by molar-refractivity contribution is 0.103. The topological polar surface area (TPSA) is 47.2 Å². The van der Waals surface area contributed by atoms with Crippen LogP contribution < -0.4 is 0 Å². The lowest BCUT2D eigenvalue weighted by atomic mass is 9.96. The third kappa shape index (κ3) is 4.03. The van der Waals surface area contributed by atoms with E-state index in [1.807, 2.05) is 54.7 Å². The van der Waals surface area contributed by atoms with Crippen LogP contribution in [0.5, 0.6) is 5.75 Å². The van der Waals surface area contributed by atoms with Gasteiger partial charge in [0.2, 0.25) is 5.78 Å². The molecule has 0 amide bonds. The first-order chi connectivity index (χ1) is 17.2. The van der Waals surface area contributed by atoms with Gasteiger partial charge in [-0.2, -0.15) is 0 Å². The molecular formula is C31H32N2O2. The number of aromatic hydroxyl groups is 1. The van der Waals surface area contributed by atoms with Crippen molar-refractivity contribution in [3.05, 3.63) is 90.3 Å². The van der Waals surface area contributed by atoms with Crippen LogP contribution in [0.3, 0.4) is 0 Å². The Bertz CT molecular complexity index is 1510. The Hall–Kier alpha value is -3.79. The number of aryl methyl sites for hydroxylation is 2. The number of rotatable bonds is 9. The zero-order chi connectivity index (χ0) is 24.4. The molecule has 0 radical (unpaired) electrons. The van der Waals surface area contributed by atoms with Crippen LogP contribution in [0.15, 0.2) is 79.0 Å². The Morgan fingerprint density at radius 2 is 1.40 bits per heavy atom. The fourth-order valence-corrected chi connectivity index (χ4v) is 5.11. The molecule has 0 atom stereocenters. The SMILES string of the molecule is CCCCn1cc(C(=O)c2c(-c3ccccc3O)c3ccccc3n2CCCC)c2ccccc21. The van der Waals surface area contributed by atoms with E-state index in [0.29, 0.717) is 16.8 Å². The van der Waals surface area contributed by atoms with Crippen molar-refractivity contribution in [2.45, 2.75) is 52.6 Å². The summed E-state index contributed by atoms with van der Waals surface area (Å²) < 4.78 is 4.38. The summed E-state index contributed by atoms with van der Waals surface area (Å²) in [5.41, 5.74) is 4.98. The molecule has 3 aromatic carbocycles. The fraction of sp³-hybridized carbons (Fsp3) is 0.258. The average molecular weight is 465 g/mol. The highest BCUT2D eigenvalue weighted by atomic mass is 16.3. The Labute approximate surface area is 206 Å². The maximum absolute atomic E-state index is 14.5. The van der Waals surface area contributed by atoms with Gasteiger partial charge in [0.1, 0.15) is 5.75 Å². The van der Waals surface area contributed by atoms with Crippen LogP contribution in [0.1, 0.15) is 55.6 Å². The minimum atomic E-state index is 0.00186. The number of unbranched alkanes of at least 4 members (excludes halogenated alkanes) is 2. The van der Waals surface area contributed by atoms with E-state index in [2.05, 4.69) is 41.2 Å². The van der Waals surface area contributed by atoms with E-state index in [-0.39, 0.29) is 11.5 Å². The van der Waals surface area contributed by atoms with Gasteiger partial charge in [-0.1, -0.05) is 81.3 Å². The van der Waals surface area contributed by atoms with Crippen LogP contribution in [-0.4, -0.2) is 20.0 Å². The van der Waals surface area contributed by atoms with Gasteiger partial charge in [-0.25, -0.2) is 0 Å². The first-order valence-corrected chi connectivity index (χ1v) is 12.7. The summed E-state index contributed by atoms with van der Waals surface area (Å²) in [6, 6.07) is 23.7. The summed E-state index contributed by atoms with van der Waals surface area (Å²) in [6.07, 6.45) is 6.18. The summed E-state index contributed by atoms with van der Waals surface area (Å²) in [5, 5.41) is 12.8. The summed E-state index contributed by atoms with van der Waals surface area (Å²) in [5.74, 6) is 0.187. The number of phenolic OH excluding ortho intramolecular Hbond substituents is 1. The van der Waals surface area contributed by atoms with Gasteiger partial charge in [0.15, 0.2) is 0 Å². The molecule has 0 aliphatic carbocycles. The van der Waals surface area contributed by atoms with Gasteiger partial charge < -0.3 is 14.2 Å². The minimum absolute atomic E-state index is 0.00186. The van der Waals surface area contributed by atoms with Crippen molar-refractivity contribution in [2.75, 3.05) is 0 Å². The quantitative estimate of drug-likeness (QED) is 0.226. The third-order valence-electron chi connectivity index (χ3n) is 6.88. The summed E-state index contributed by atoms with van der Waals surface area (Å²) in [4.78, 5) is 14.5. The second-order valence-electron chi connectivity index (χ2n) is 9.20. The number of para-hydroxylation sites is 3. The van der Waals surface area contributed by atoms with Crippen LogP contribution >= 0.6 is 0 Å². The van der Waals surface area contributed by atoms with Crippen molar-refractivity contribution in [3.63, 3.8) is 0 Å². The van der Waals surface area contributed by atoms with Crippen molar-refractivity contribution in [1.29, 1.82) is 0 Å². The average Bonchev–Trinajstić information content (AvgIpc) is 3.42. The van der Waals surface area contributed by atoms with Crippen LogP contribution in [0, 0.1) is 0 Å². The van der Waals surface area contributed by atoms with E-state index in [4.69, 9.17) is 0 Å². The van der Waals surface area contributed by atoms with E-state index in [1.165, 1.54) is 0 Å². The number of phenols is 1. The number of hydrogen-bond acceptors (Lipinski definition) is 2. The first kappa shape index (κ1) is 23.0. The Balaban J connectivity index is 1.80. The number of carbonyl (C=O) groups excluding carboxylic acids is 1. The van der Waals surface area contributed by atoms with E-state index < -0.39 is 0 Å². The summed E-state index contributed by atoms with van der Waals surface area (Å²) >= 11 is 0. The number of carbonyl (C=O) groups is 1. The van der Waals surface area contributed by atoms with Crippen LogP contribution in [0.4, 0.5) is 0 Å². The number of aromatic nitrogens is 2. The molecule has 2 aromatic heterocycles. The van der Waals surface area contributed by atoms with Gasteiger partial charge in [0.05, 0.1) is 5.69 Å². The van der Waals surface area contributed by atoms with E-state index in [9.17, 15) is 9.90 Å². The molecule has 0 unspecified atom stereocenters. The molecule has 1 N–H and O–H groups in total. The smallest absolute Gasteiger partial charge is 0.212 e. The van der Waals surface area contributed by atoms with Gasteiger partial charge in [0.25, 0.3) is 0 Å². The zero-order valence-electron chi connectivity index (χ0n) is 20.5. The number of fused-ring (bicyclic) bond motifs is 2. The molecule has 0 fully saturated rings. The fourth-order valence-electron chi connectivity index (χ4n) is 5.11. The van der Waals surface area contributed by atoms with Crippen molar-refractivity contribution < 1.29 is 9.90 Å². The van der Waals surface area contributed by atoms with E-state index >= 15 is 0 Å². The third-order valence-corrected chi connectivity index (χ3v) is 6.88. The summed E-state index contributed by atoms with van der Waals surface area (Å²) in [6.45, 7) is 5.98. The normalized spacial score (nSPS) is 11.5. The Morgan fingerprint density at radius 3 is 2.14 bits per heavy atom. The maximum Gasteiger partial charge on any atom is 0.212 e. The van der Waals surface area contributed by atoms with Crippen LogP contribution in [0.25, 0.3) is 32.9 Å². The van der Waals surface area contributed by atoms with Gasteiger partial charge in [-0.05, 0) is 31.0 Å². The first-order valence-electron chi connectivity index (χ1n) is 12.7. The van der Waals surface area contributed by atoms with E-state index in [0.717, 1.165) is 66.1 Å². The lowest BCUT2D eigenvalue weighted by Crippen LogP contribution is -2.12. The zero-order valence-corrected chi connectivity index (χ0v) is 20.5. The predicted octanol–water partition coefficient (Wildman–Crippen LogP) is 7.80. The molecule has 0 saturated heterocycles. The molecule has 0 spiro atoms. The van der Waals surface area contributed by atoms with Gasteiger partial charge >= 0.3 is 0 Å². The predicted molar refractivity (Wildman–Crippen MR) is 144 cm³/mol. The van der Waals surface area contributed by atoms with Crippen LogP contribution in [0.2, 0.25) is 0 Å². The molecule has 0 saturated carbocycles. The monoisotopic (exact) mass is 464 g/mol. The highest BCUT2D eigenvalue weighted by Crippen LogP contribution is 2.41. The molecule has 4 heteroatoms. The molecule has 5 rings (SSSR count).